The highest BCUT2D eigenvalue weighted by atomic mass is 35.5. The first-order valence-electron chi connectivity index (χ1n) is 9.21. The molecule has 0 saturated carbocycles. The lowest BCUT2D eigenvalue weighted by atomic mass is 9.99. The predicted molar refractivity (Wildman–Crippen MR) is 127 cm³/mol. The molecule has 1 unspecified atom stereocenters. The van der Waals surface area contributed by atoms with Crippen LogP contribution in [0.15, 0.2) is 39.9 Å². The van der Waals surface area contributed by atoms with Crippen molar-refractivity contribution in [1.82, 2.24) is 9.29 Å². The van der Waals surface area contributed by atoms with E-state index in [4.69, 9.17) is 34.8 Å². The van der Waals surface area contributed by atoms with Crippen molar-refractivity contribution < 1.29 is 13.2 Å². The van der Waals surface area contributed by atoms with Crippen LogP contribution in [0.2, 0.25) is 14.4 Å². The molecule has 31 heavy (non-hydrogen) atoms. The fourth-order valence-corrected chi connectivity index (χ4v) is 7.56. The van der Waals surface area contributed by atoms with Gasteiger partial charge < -0.3 is 5.32 Å². The minimum absolute atomic E-state index is 0.113. The fraction of sp³-hybridized carbons (Fsp3) is 0.263. The van der Waals surface area contributed by atoms with E-state index in [0.717, 1.165) is 11.3 Å². The summed E-state index contributed by atoms with van der Waals surface area (Å²) in [6.07, 6.45) is 1.19. The Morgan fingerprint density at radius 1 is 1.19 bits per heavy atom. The van der Waals surface area contributed by atoms with Crippen molar-refractivity contribution in [3.63, 3.8) is 0 Å². The number of piperidine rings is 1. The molecule has 4 rings (SSSR count). The highest BCUT2D eigenvalue weighted by Crippen LogP contribution is 2.34. The molecule has 1 amide bonds. The van der Waals surface area contributed by atoms with Crippen molar-refractivity contribution in [2.75, 3.05) is 18.4 Å². The van der Waals surface area contributed by atoms with Crippen LogP contribution in [0.1, 0.15) is 12.8 Å². The molecule has 164 valence electrons. The number of rotatable bonds is 5. The van der Waals surface area contributed by atoms with Gasteiger partial charge in [-0.2, -0.15) is 4.31 Å². The second kappa shape index (κ2) is 9.35. The van der Waals surface area contributed by atoms with Crippen LogP contribution in [-0.2, 0) is 14.8 Å². The lowest BCUT2D eigenvalue weighted by Crippen LogP contribution is -2.43. The van der Waals surface area contributed by atoms with Crippen LogP contribution in [0.5, 0.6) is 0 Å². The maximum Gasteiger partial charge on any atom is 0.252 e. The van der Waals surface area contributed by atoms with Crippen LogP contribution in [0, 0.1) is 5.92 Å². The number of sulfonamides is 1. The number of nitrogens with zero attached hydrogens (tertiary/aromatic N) is 2. The van der Waals surface area contributed by atoms with E-state index in [0.29, 0.717) is 50.2 Å². The first-order valence-corrected chi connectivity index (χ1v) is 13.5. The van der Waals surface area contributed by atoms with Gasteiger partial charge in [0.2, 0.25) is 5.91 Å². The summed E-state index contributed by atoms with van der Waals surface area (Å²) in [6.45, 7) is 0.484. The summed E-state index contributed by atoms with van der Waals surface area (Å²) >= 11 is 20.4. The van der Waals surface area contributed by atoms with E-state index < -0.39 is 15.9 Å². The first-order chi connectivity index (χ1) is 14.7. The maximum absolute atomic E-state index is 12.9. The molecule has 1 saturated heterocycles. The van der Waals surface area contributed by atoms with Crippen LogP contribution in [0.25, 0.3) is 11.3 Å². The number of carbonyl (C=O) groups excluding carboxylic acids is 1. The van der Waals surface area contributed by atoms with E-state index in [1.165, 1.54) is 21.7 Å². The Morgan fingerprint density at radius 3 is 2.74 bits per heavy atom. The second-order valence-electron chi connectivity index (χ2n) is 6.91. The predicted octanol–water partition coefficient (Wildman–Crippen LogP) is 5.87. The van der Waals surface area contributed by atoms with Crippen LogP contribution >= 0.6 is 57.5 Å². The van der Waals surface area contributed by atoms with Gasteiger partial charge in [-0.15, -0.1) is 22.7 Å². The Hall–Kier alpha value is -1.20. The molecule has 1 atom stereocenters. The monoisotopic (exact) mass is 535 g/mol. The summed E-state index contributed by atoms with van der Waals surface area (Å²) in [5.74, 6) is -0.733. The molecular weight excluding hydrogens is 521 g/mol. The van der Waals surface area contributed by atoms with Crippen molar-refractivity contribution in [2.45, 2.75) is 17.1 Å². The first kappa shape index (κ1) is 23.0. The molecular formula is C19H16Cl3N3O3S3. The summed E-state index contributed by atoms with van der Waals surface area (Å²) in [4.78, 5) is 17.2. The number of hydrogen-bond acceptors (Lipinski definition) is 6. The number of aromatic nitrogens is 1. The number of hydrogen-bond donors (Lipinski definition) is 1. The molecule has 12 heteroatoms. The number of thiazole rings is 1. The van der Waals surface area contributed by atoms with Gasteiger partial charge >= 0.3 is 0 Å². The molecule has 0 radical (unpaired) electrons. The van der Waals surface area contributed by atoms with Gasteiger partial charge in [0.05, 0.1) is 21.0 Å². The van der Waals surface area contributed by atoms with Crippen molar-refractivity contribution in [1.29, 1.82) is 0 Å². The highest BCUT2D eigenvalue weighted by molar-refractivity contribution is 7.91. The van der Waals surface area contributed by atoms with Gasteiger partial charge in [0.25, 0.3) is 10.0 Å². The molecule has 1 aliphatic rings. The Balaban J connectivity index is 1.45. The van der Waals surface area contributed by atoms with Crippen LogP contribution in [-0.4, -0.2) is 36.7 Å². The lowest BCUT2D eigenvalue weighted by Gasteiger charge is -2.30. The topological polar surface area (TPSA) is 79.4 Å². The Morgan fingerprint density at radius 2 is 2.00 bits per heavy atom. The fourth-order valence-electron chi connectivity index (χ4n) is 3.29. The standard InChI is InChI=1S/C19H16Cl3N3O3S3/c20-12-3-4-14(21)13(8-12)15-10-29-19(23-15)24-18(26)11-2-1-7-25(9-11)31(27,28)17-6-5-16(22)30-17/h3-6,8,10-11H,1-2,7,9H2,(H,23,24,26). The number of nitrogens with one attached hydrogen (secondary N) is 1. The van der Waals surface area contributed by atoms with Gasteiger partial charge in [0.15, 0.2) is 5.13 Å². The quantitative estimate of drug-likeness (QED) is 0.442. The molecule has 0 spiro atoms. The van der Waals surface area contributed by atoms with Crippen molar-refractivity contribution >= 4 is 78.5 Å². The second-order valence-corrected chi connectivity index (χ2v) is 12.5. The van der Waals surface area contributed by atoms with E-state index in [1.54, 1.807) is 29.6 Å². The number of thiophene rings is 1. The molecule has 1 aliphatic heterocycles. The van der Waals surface area contributed by atoms with Crippen LogP contribution in [0.3, 0.4) is 0 Å². The Labute approximate surface area is 202 Å². The zero-order valence-electron chi connectivity index (χ0n) is 15.8. The minimum Gasteiger partial charge on any atom is -0.302 e. The van der Waals surface area contributed by atoms with Gasteiger partial charge in [0.1, 0.15) is 4.21 Å². The van der Waals surface area contributed by atoms with E-state index in [2.05, 4.69) is 10.3 Å². The number of benzene rings is 1. The molecule has 3 aromatic rings. The molecule has 0 bridgehead atoms. The summed E-state index contributed by atoms with van der Waals surface area (Å²) in [5.41, 5.74) is 1.28. The zero-order chi connectivity index (χ0) is 22.2. The molecule has 1 aromatic carbocycles. The zero-order valence-corrected chi connectivity index (χ0v) is 20.6. The minimum atomic E-state index is -3.67. The largest absolute Gasteiger partial charge is 0.302 e. The SMILES string of the molecule is O=C(Nc1nc(-c2cc(Cl)ccc2Cl)cs1)C1CCCN(S(=O)(=O)c2ccc(Cl)s2)C1. The normalized spacial score (nSPS) is 17.6. The molecule has 2 aromatic heterocycles. The smallest absolute Gasteiger partial charge is 0.252 e. The third-order valence-electron chi connectivity index (χ3n) is 4.84. The third-order valence-corrected chi connectivity index (χ3v) is 9.72. The van der Waals surface area contributed by atoms with Crippen molar-refractivity contribution in [3.05, 3.63) is 50.1 Å². The number of anilines is 1. The third kappa shape index (κ3) is 5.08. The highest BCUT2D eigenvalue weighted by Gasteiger charge is 2.34. The van der Waals surface area contributed by atoms with Gasteiger partial charge in [-0.1, -0.05) is 34.8 Å². The number of halogens is 3. The summed E-state index contributed by atoms with van der Waals surface area (Å²) in [6, 6.07) is 8.14. The molecule has 1 fully saturated rings. The Bertz CT molecular complexity index is 1230. The van der Waals surface area contributed by atoms with Gasteiger partial charge in [0, 0.05) is 29.1 Å². The van der Waals surface area contributed by atoms with E-state index >= 15 is 0 Å². The maximum atomic E-state index is 12.9. The summed E-state index contributed by atoms with van der Waals surface area (Å²) in [5, 5.41) is 6.05. The van der Waals surface area contributed by atoms with Crippen molar-refractivity contribution in [2.24, 2.45) is 5.92 Å². The van der Waals surface area contributed by atoms with E-state index in [1.807, 2.05) is 0 Å². The van der Waals surface area contributed by atoms with Crippen molar-refractivity contribution in [3.8, 4) is 11.3 Å². The van der Waals surface area contributed by atoms with Crippen LogP contribution < -0.4 is 5.32 Å². The van der Waals surface area contributed by atoms with Crippen LogP contribution in [0.4, 0.5) is 5.13 Å². The molecule has 3 heterocycles. The molecule has 0 aliphatic carbocycles. The number of carbonyl (C=O) groups is 1. The van der Waals surface area contributed by atoms with E-state index in [9.17, 15) is 13.2 Å². The van der Waals surface area contributed by atoms with Gasteiger partial charge in [-0.05, 0) is 43.2 Å². The summed E-state index contributed by atoms with van der Waals surface area (Å²) < 4.78 is 27.7. The molecule has 6 nitrogen and oxygen atoms in total. The van der Waals surface area contributed by atoms with Gasteiger partial charge in [-0.3, -0.25) is 4.79 Å². The average molecular weight is 537 g/mol. The lowest BCUT2D eigenvalue weighted by molar-refractivity contribution is -0.120. The van der Waals surface area contributed by atoms with E-state index in [-0.39, 0.29) is 16.7 Å². The average Bonchev–Trinajstić information content (AvgIpc) is 3.39. The Kier molecular flexibility index (Phi) is 6.93. The van der Waals surface area contributed by atoms with Gasteiger partial charge in [-0.25, -0.2) is 13.4 Å². The number of amides is 1. The molecule has 1 N–H and O–H groups in total. The summed E-state index contributed by atoms with van der Waals surface area (Å²) in [7, 11) is -3.67.